The molecule has 1 aromatic rings. The number of rotatable bonds is 8. The predicted octanol–water partition coefficient (Wildman–Crippen LogP) is 2.45. The third-order valence-electron chi connectivity index (χ3n) is 2.17. The van der Waals surface area contributed by atoms with Crippen LogP contribution in [0.4, 0.5) is 8.78 Å². The Morgan fingerprint density at radius 2 is 2.24 bits per heavy atom. The van der Waals surface area contributed by atoms with E-state index in [1.54, 1.807) is 0 Å². The Balaban J connectivity index is 2.24. The molecule has 0 aromatic carbocycles. The van der Waals surface area contributed by atoms with Gasteiger partial charge in [0.05, 0.1) is 4.34 Å². The van der Waals surface area contributed by atoms with Gasteiger partial charge in [-0.25, -0.2) is 8.78 Å². The van der Waals surface area contributed by atoms with Crippen molar-refractivity contribution >= 4 is 22.9 Å². The van der Waals surface area contributed by atoms with Gasteiger partial charge < -0.3 is 4.74 Å². The third-order valence-corrected chi connectivity index (χ3v) is 3.42. The van der Waals surface area contributed by atoms with Gasteiger partial charge in [0.15, 0.2) is 0 Å². The molecule has 0 aliphatic carbocycles. The van der Waals surface area contributed by atoms with E-state index in [1.165, 1.54) is 11.3 Å². The molecule has 0 bridgehead atoms. The molecule has 3 N–H and O–H groups in total. The van der Waals surface area contributed by atoms with Gasteiger partial charge in [0.2, 0.25) is 0 Å². The molecule has 98 valence electrons. The quantitative estimate of drug-likeness (QED) is 0.438. The molecule has 7 heteroatoms. The highest BCUT2D eigenvalue weighted by atomic mass is 35.5. The van der Waals surface area contributed by atoms with Crippen molar-refractivity contribution < 1.29 is 13.5 Å². The number of nitrogens with two attached hydrogens (primary N) is 1. The molecular formula is C10H15ClF2N2OS. The standard InChI is InChI=1S/C10H15ClF2N2OS/c11-9-2-1-8(17-9)5-7(15-14)3-4-16-6-10(12)13/h1-2,7,10,15H,3-6,14H2. The van der Waals surface area contributed by atoms with E-state index in [9.17, 15) is 8.78 Å². The van der Waals surface area contributed by atoms with Crippen molar-refractivity contribution in [2.45, 2.75) is 25.3 Å². The fourth-order valence-electron chi connectivity index (χ4n) is 1.35. The van der Waals surface area contributed by atoms with Crippen LogP contribution in [0.2, 0.25) is 4.34 Å². The van der Waals surface area contributed by atoms with Crippen LogP contribution in [0.5, 0.6) is 0 Å². The topological polar surface area (TPSA) is 47.3 Å². The fourth-order valence-corrected chi connectivity index (χ4v) is 2.51. The Morgan fingerprint density at radius 1 is 1.47 bits per heavy atom. The van der Waals surface area contributed by atoms with E-state index in [0.717, 1.165) is 9.21 Å². The van der Waals surface area contributed by atoms with E-state index in [0.29, 0.717) is 12.8 Å². The summed E-state index contributed by atoms with van der Waals surface area (Å²) < 4.78 is 29.2. The summed E-state index contributed by atoms with van der Waals surface area (Å²) in [7, 11) is 0. The highest BCUT2D eigenvalue weighted by Gasteiger charge is 2.10. The molecule has 0 aliphatic rings. The maximum absolute atomic E-state index is 11.8. The van der Waals surface area contributed by atoms with Crippen molar-refractivity contribution in [2.24, 2.45) is 5.84 Å². The summed E-state index contributed by atoms with van der Waals surface area (Å²) >= 11 is 7.29. The summed E-state index contributed by atoms with van der Waals surface area (Å²) in [5.74, 6) is 5.39. The largest absolute Gasteiger partial charge is 0.375 e. The Labute approximate surface area is 108 Å². The van der Waals surface area contributed by atoms with Gasteiger partial charge in [-0.15, -0.1) is 11.3 Å². The van der Waals surface area contributed by atoms with Crippen molar-refractivity contribution in [1.82, 2.24) is 5.43 Å². The Bertz CT molecular complexity index is 325. The molecule has 0 aliphatic heterocycles. The van der Waals surface area contributed by atoms with Gasteiger partial charge in [0.25, 0.3) is 6.43 Å². The Morgan fingerprint density at radius 3 is 2.76 bits per heavy atom. The van der Waals surface area contributed by atoms with E-state index in [2.05, 4.69) is 5.43 Å². The smallest absolute Gasteiger partial charge is 0.261 e. The molecule has 1 atom stereocenters. The van der Waals surface area contributed by atoms with Crippen LogP contribution in [0, 0.1) is 0 Å². The minimum Gasteiger partial charge on any atom is -0.375 e. The van der Waals surface area contributed by atoms with Crippen molar-refractivity contribution in [3.05, 3.63) is 21.3 Å². The highest BCUT2D eigenvalue weighted by molar-refractivity contribution is 7.16. The summed E-state index contributed by atoms with van der Waals surface area (Å²) in [5.41, 5.74) is 2.64. The van der Waals surface area contributed by atoms with Gasteiger partial charge in [0.1, 0.15) is 6.61 Å². The predicted molar refractivity (Wildman–Crippen MR) is 65.6 cm³/mol. The van der Waals surface area contributed by atoms with Crippen LogP contribution in [-0.2, 0) is 11.2 Å². The van der Waals surface area contributed by atoms with Gasteiger partial charge in [-0.05, 0) is 25.0 Å². The number of hydrazine groups is 1. The van der Waals surface area contributed by atoms with Crippen LogP contribution >= 0.6 is 22.9 Å². The highest BCUT2D eigenvalue weighted by Crippen LogP contribution is 2.22. The molecule has 1 aromatic heterocycles. The van der Waals surface area contributed by atoms with Crippen molar-refractivity contribution in [1.29, 1.82) is 0 Å². The minimum atomic E-state index is -2.42. The van der Waals surface area contributed by atoms with Crippen LogP contribution in [0.15, 0.2) is 12.1 Å². The Kier molecular flexibility index (Phi) is 6.91. The molecule has 0 fully saturated rings. The number of hydrogen-bond acceptors (Lipinski definition) is 4. The summed E-state index contributed by atoms with van der Waals surface area (Å²) in [6.07, 6.45) is -1.12. The molecule has 1 heterocycles. The fraction of sp³-hybridized carbons (Fsp3) is 0.600. The van der Waals surface area contributed by atoms with E-state index in [-0.39, 0.29) is 12.6 Å². The molecule has 17 heavy (non-hydrogen) atoms. The average molecular weight is 285 g/mol. The SMILES string of the molecule is NNC(CCOCC(F)F)Cc1ccc(Cl)s1. The van der Waals surface area contributed by atoms with Gasteiger partial charge in [-0.1, -0.05) is 11.6 Å². The third kappa shape index (κ3) is 6.28. The normalized spacial score (nSPS) is 13.2. The summed E-state index contributed by atoms with van der Waals surface area (Å²) in [5, 5.41) is 0. The molecule has 0 amide bonds. The van der Waals surface area contributed by atoms with Gasteiger partial charge >= 0.3 is 0 Å². The van der Waals surface area contributed by atoms with Crippen LogP contribution in [0.3, 0.4) is 0 Å². The summed E-state index contributed by atoms with van der Waals surface area (Å²) in [6.45, 7) is -0.263. The zero-order valence-corrected chi connectivity index (χ0v) is 10.7. The van der Waals surface area contributed by atoms with Crippen LogP contribution in [0.25, 0.3) is 0 Å². The van der Waals surface area contributed by atoms with Gasteiger partial charge in [0, 0.05) is 17.5 Å². The summed E-state index contributed by atoms with van der Waals surface area (Å²) in [4.78, 5) is 1.10. The first-order chi connectivity index (χ1) is 8.11. The van der Waals surface area contributed by atoms with E-state index < -0.39 is 13.0 Å². The second-order valence-electron chi connectivity index (χ2n) is 3.53. The molecule has 1 rings (SSSR count). The number of ether oxygens (including phenoxy) is 1. The van der Waals surface area contributed by atoms with Crippen molar-refractivity contribution in [3.63, 3.8) is 0 Å². The first-order valence-electron chi connectivity index (χ1n) is 5.18. The number of hydrogen-bond donors (Lipinski definition) is 2. The molecular weight excluding hydrogens is 270 g/mol. The lowest BCUT2D eigenvalue weighted by molar-refractivity contribution is 0.0144. The van der Waals surface area contributed by atoms with Gasteiger partial charge in [-0.2, -0.15) is 0 Å². The van der Waals surface area contributed by atoms with Crippen LogP contribution in [0.1, 0.15) is 11.3 Å². The first-order valence-corrected chi connectivity index (χ1v) is 6.37. The maximum atomic E-state index is 11.8. The molecule has 0 saturated carbocycles. The minimum absolute atomic E-state index is 0.00221. The van der Waals surface area contributed by atoms with Crippen LogP contribution in [-0.4, -0.2) is 25.7 Å². The van der Waals surface area contributed by atoms with E-state index in [1.807, 2.05) is 12.1 Å². The molecule has 0 spiro atoms. The maximum Gasteiger partial charge on any atom is 0.261 e. The first kappa shape index (κ1) is 14.8. The van der Waals surface area contributed by atoms with Crippen molar-refractivity contribution in [2.75, 3.05) is 13.2 Å². The molecule has 0 saturated heterocycles. The van der Waals surface area contributed by atoms with E-state index >= 15 is 0 Å². The second-order valence-corrected chi connectivity index (χ2v) is 5.33. The zero-order chi connectivity index (χ0) is 12.7. The van der Waals surface area contributed by atoms with Crippen molar-refractivity contribution in [3.8, 4) is 0 Å². The lowest BCUT2D eigenvalue weighted by atomic mass is 10.1. The summed E-state index contributed by atoms with van der Waals surface area (Å²) in [6, 6.07) is 3.75. The lowest BCUT2D eigenvalue weighted by Crippen LogP contribution is -2.37. The monoisotopic (exact) mass is 284 g/mol. The van der Waals surface area contributed by atoms with E-state index in [4.69, 9.17) is 22.2 Å². The number of halogens is 3. The number of alkyl halides is 2. The van der Waals surface area contributed by atoms with Gasteiger partial charge in [-0.3, -0.25) is 11.3 Å². The van der Waals surface area contributed by atoms with Crippen LogP contribution < -0.4 is 11.3 Å². The second kappa shape index (κ2) is 7.94. The number of thiophene rings is 1. The molecule has 3 nitrogen and oxygen atoms in total. The average Bonchev–Trinajstić information content (AvgIpc) is 2.68. The molecule has 1 unspecified atom stereocenters. The Hall–Kier alpha value is -0.270. The number of nitrogens with one attached hydrogen (secondary N) is 1. The lowest BCUT2D eigenvalue weighted by Gasteiger charge is -2.14. The molecule has 0 radical (unpaired) electrons. The zero-order valence-electron chi connectivity index (χ0n) is 9.17.